The molecule has 1 aliphatic heterocycles. The standard InChI is InChI=1S/C71H46N2/c1-4-22-47(23-5-1)51-28-10-11-30-55(51)60-35-20-34-53(48-24-6-2-7-25-48)69(60)72(50-26-8-3-9-27-50)67-45-44-52(54-29-12-13-32-58(54)67)49-42-43-57-56-31-14-16-37-62(56)71(65(57)46-49)63-38-17-19-41-68(63)73-66-40-18-15-33-59(66)61-36-21-39-64(71)70(61)73/h1-46H. The van der Waals surface area contributed by atoms with Gasteiger partial charge in [0.1, 0.15) is 0 Å². The van der Waals surface area contributed by atoms with E-state index < -0.39 is 5.41 Å². The van der Waals surface area contributed by atoms with Gasteiger partial charge in [-0.2, -0.15) is 0 Å². The second kappa shape index (κ2) is 16.3. The van der Waals surface area contributed by atoms with E-state index in [4.69, 9.17) is 0 Å². The van der Waals surface area contributed by atoms with Crippen LogP contribution in [-0.4, -0.2) is 4.57 Å². The Kier molecular flexibility index (Phi) is 9.21. The molecule has 0 amide bonds. The lowest BCUT2D eigenvalue weighted by molar-refractivity contribution is 0.749. The number of fused-ring (bicyclic) bond motifs is 13. The molecule has 1 spiro atoms. The zero-order valence-electron chi connectivity index (χ0n) is 40.0. The molecule has 0 saturated heterocycles. The van der Waals surface area contributed by atoms with E-state index in [-0.39, 0.29) is 0 Å². The number of benzene rings is 12. The lowest BCUT2D eigenvalue weighted by atomic mass is 9.65. The Balaban J connectivity index is 0.980. The Bertz CT molecular complexity index is 4320. The van der Waals surface area contributed by atoms with Crippen LogP contribution in [0.3, 0.4) is 0 Å². The summed E-state index contributed by atoms with van der Waals surface area (Å²) in [4.78, 5) is 2.51. The normalized spacial score (nSPS) is 14.1. The van der Waals surface area contributed by atoms with Gasteiger partial charge in [-0.25, -0.2) is 0 Å². The van der Waals surface area contributed by atoms with Crippen molar-refractivity contribution in [2.45, 2.75) is 5.41 Å². The molecule has 1 unspecified atom stereocenters. The number of hydrogen-bond acceptors (Lipinski definition) is 1. The van der Waals surface area contributed by atoms with Crippen LogP contribution < -0.4 is 4.90 Å². The Morgan fingerprint density at radius 3 is 1.62 bits per heavy atom. The van der Waals surface area contributed by atoms with Gasteiger partial charge in [0.05, 0.1) is 33.5 Å². The van der Waals surface area contributed by atoms with Crippen molar-refractivity contribution in [3.63, 3.8) is 0 Å². The molecule has 2 heteroatoms. The highest BCUT2D eigenvalue weighted by Gasteiger charge is 2.51. The van der Waals surface area contributed by atoms with Crippen molar-refractivity contribution < 1.29 is 0 Å². The van der Waals surface area contributed by atoms with Crippen molar-refractivity contribution in [2.24, 2.45) is 0 Å². The molecule has 15 rings (SSSR count). The zero-order valence-corrected chi connectivity index (χ0v) is 40.0. The van der Waals surface area contributed by atoms with Gasteiger partial charge in [-0.1, -0.05) is 243 Å². The summed E-state index contributed by atoms with van der Waals surface area (Å²) in [7, 11) is 0. The van der Waals surface area contributed by atoms with Crippen molar-refractivity contribution in [1.29, 1.82) is 0 Å². The van der Waals surface area contributed by atoms with Crippen molar-refractivity contribution in [2.75, 3.05) is 4.90 Å². The van der Waals surface area contributed by atoms with Gasteiger partial charge >= 0.3 is 0 Å². The second-order valence-corrected chi connectivity index (χ2v) is 19.5. The van der Waals surface area contributed by atoms with Gasteiger partial charge in [0.2, 0.25) is 0 Å². The maximum Gasteiger partial charge on any atom is 0.0754 e. The summed E-state index contributed by atoms with van der Waals surface area (Å²) in [5, 5.41) is 4.93. The minimum absolute atomic E-state index is 0.546. The van der Waals surface area contributed by atoms with Crippen LogP contribution in [0.25, 0.3) is 93.9 Å². The first-order valence-corrected chi connectivity index (χ1v) is 25.3. The molecular weight excluding hydrogens is 881 g/mol. The predicted octanol–water partition coefficient (Wildman–Crippen LogP) is 18.8. The van der Waals surface area contributed by atoms with Gasteiger partial charge < -0.3 is 9.47 Å². The minimum Gasteiger partial charge on any atom is -0.309 e. The van der Waals surface area contributed by atoms with Crippen LogP contribution in [0.5, 0.6) is 0 Å². The summed E-state index contributed by atoms with van der Waals surface area (Å²) in [6.07, 6.45) is 0. The molecule has 0 bridgehead atoms. The van der Waals surface area contributed by atoms with Gasteiger partial charge in [0.15, 0.2) is 0 Å². The van der Waals surface area contributed by atoms with Crippen LogP contribution in [0, 0.1) is 0 Å². The fourth-order valence-corrected chi connectivity index (χ4v) is 12.9. The fourth-order valence-electron chi connectivity index (χ4n) is 12.9. The van der Waals surface area contributed by atoms with Crippen LogP contribution in [0.4, 0.5) is 17.1 Å². The number of aromatic nitrogens is 1. The maximum atomic E-state index is 2.53. The quantitative estimate of drug-likeness (QED) is 0.155. The van der Waals surface area contributed by atoms with E-state index in [0.29, 0.717) is 0 Å². The SMILES string of the molecule is c1ccc(-c2ccccc2-c2cccc(-c3ccccc3)c2N(c2ccccc2)c2ccc(-c3ccc4c(c3)C3(c5ccccc5-4)c4ccccc4-n4c5ccccc5c5cccc3c54)c3ccccc23)cc1. The molecule has 73 heavy (non-hydrogen) atoms. The largest absolute Gasteiger partial charge is 0.309 e. The van der Waals surface area contributed by atoms with Crippen molar-refractivity contribution >= 4 is 49.6 Å². The van der Waals surface area contributed by atoms with Crippen LogP contribution in [0.1, 0.15) is 22.3 Å². The highest BCUT2D eigenvalue weighted by molar-refractivity contribution is 6.14. The smallest absolute Gasteiger partial charge is 0.0754 e. The highest BCUT2D eigenvalue weighted by atomic mass is 15.1. The van der Waals surface area contributed by atoms with Crippen LogP contribution in [-0.2, 0) is 5.41 Å². The van der Waals surface area contributed by atoms with Crippen LogP contribution in [0.2, 0.25) is 0 Å². The molecule has 0 saturated carbocycles. The molecule has 2 aliphatic rings. The van der Waals surface area contributed by atoms with E-state index in [1.165, 1.54) is 99.5 Å². The number of rotatable bonds is 7. The van der Waals surface area contributed by atoms with Gasteiger partial charge in [0.25, 0.3) is 0 Å². The van der Waals surface area contributed by atoms with E-state index in [2.05, 4.69) is 289 Å². The number of para-hydroxylation sites is 5. The second-order valence-electron chi connectivity index (χ2n) is 19.5. The Morgan fingerprint density at radius 1 is 0.288 bits per heavy atom. The zero-order chi connectivity index (χ0) is 48.0. The first-order valence-electron chi connectivity index (χ1n) is 25.3. The predicted molar refractivity (Wildman–Crippen MR) is 306 cm³/mol. The lowest BCUT2D eigenvalue weighted by Crippen LogP contribution is -2.33. The summed E-state index contributed by atoms with van der Waals surface area (Å²) in [5.41, 5.74) is 23.8. The third-order valence-corrected chi connectivity index (χ3v) is 15.8. The number of hydrogen-bond donors (Lipinski definition) is 0. The van der Waals surface area contributed by atoms with E-state index in [1.54, 1.807) is 0 Å². The number of nitrogens with zero attached hydrogens (tertiary/aromatic N) is 2. The minimum atomic E-state index is -0.546. The van der Waals surface area contributed by atoms with E-state index in [9.17, 15) is 0 Å². The van der Waals surface area contributed by atoms with Gasteiger partial charge in [-0.05, 0) is 109 Å². The first kappa shape index (κ1) is 41.3. The van der Waals surface area contributed by atoms with E-state index in [0.717, 1.165) is 33.8 Å². The summed E-state index contributed by atoms with van der Waals surface area (Å²) < 4.78 is 2.53. The molecule has 2 nitrogen and oxygen atoms in total. The molecule has 0 fully saturated rings. The molecule has 0 N–H and O–H groups in total. The Labute approximate surface area is 425 Å². The average molecular weight is 927 g/mol. The Morgan fingerprint density at radius 2 is 0.822 bits per heavy atom. The summed E-state index contributed by atoms with van der Waals surface area (Å²) in [5.74, 6) is 0. The highest BCUT2D eigenvalue weighted by Crippen LogP contribution is 2.62. The Hall–Kier alpha value is -9.50. The molecule has 1 atom stereocenters. The molecule has 12 aromatic carbocycles. The molecule has 2 heterocycles. The van der Waals surface area contributed by atoms with E-state index in [1.807, 2.05) is 0 Å². The lowest BCUT2D eigenvalue weighted by Gasteiger charge is -2.39. The third kappa shape index (κ3) is 5.99. The first-order chi connectivity index (χ1) is 36.3. The molecular formula is C71H46N2. The molecule has 340 valence electrons. The summed E-state index contributed by atoms with van der Waals surface area (Å²) in [6.45, 7) is 0. The van der Waals surface area contributed by atoms with Crippen LogP contribution in [0.15, 0.2) is 279 Å². The average Bonchev–Trinajstić information content (AvgIpc) is 3.97. The van der Waals surface area contributed by atoms with Gasteiger partial charge in [-0.3, -0.25) is 0 Å². The van der Waals surface area contributed by atoms with Gasteiger partial charge in [0, 0.05) is 33.0 Å². The third-order valence-electron chi connectivity index (χ3n) is 15.8. The van der Waals surface area contributed by atoms with E-state index >= 15 is 0 Å². The van der Waals surface area contributed by atoms with Gasteiger partial charge in [-0.15, -0.1) is 0 Å². The molecule has 0 radical (unpaired) electrons. The maximum absolute atomic E-state index is 2.53. The topological polar surface area (TPSA) is 8.17 Å². The summed E-state index contributed by atoms with van der Waals surface area (Å²) >= 11 is 0. The van der Waals surface area contributed by atoms with Crippen molar-refractivity contribution in [3.8, 4) is 61.3 Å². The fraction of sp³-hybridized carbons (Fsp3) is 0.0141. The number of anilines is 3. The van der Waals surface area contributed by atoms with Crippen LogP contribution >= 0.6 is 0 Å². The van der Waals surface area contributed by atoms with Crippen molar-refractivity contribution in [1.82, 2.24) is 4.57 Å². The molecule has 13 aromatic rings. The van der Waals surface area contributed by atoms with Crippen molar-refractivity contribution in [3.05, 3.63) is 301 Å². The summed E-state index contributed by atoms with van der Waals surface area (Å²) in [6, 6.07) is 103. The molecule has 1 aromatic heterocycles. The monoisotopic (exact) mass is 926 g/mol. The molecule has 1 aliphatic carbocycles.